The smallest absolute Gasteiger partial charge is 0.342 e. The van der Waals surface area contributed by atoms with E-state index in [9.17, 15) is 13.6 Å². The van der Waals surface area contributed by atoms with Gasteiger partial charge in [-0.2, -0.15) is 0 Å². The number of nitrogen functional groups attached to an aromatic ring is 1. The number of ether oxygens (including phenoxy) is 1. The number of hydrogen-bond donors (Lipinski definition) is 2. The standard InChI is InChI=1S/C10H13F2N3O2/c1-2-17-10(16)7-6(3-13)15-4-5(8(7)14)9(11)12/h4,9H,2-3,13H2,1H3,(H2,14,15). The first-order valence-corrected chi connectivity index (χ1v) is 4.95. The highest BCUT2D eigenvalue weighted by molar-refractivity contribution is 5.97. The topological polar surface area (TPSA) is 91.2 Å². The van der Waals surface area contributed by atoms with Crippen molar-refractivity contribution in [3.63, 3.8) is 0 Å². The fourth-order valence-electron chi connectivity index (χ4n) is 1.34. The van der Waals surface area contributed by atoms with E-state index in [1.807, 2.05) is 0 Å². The predicted octanol–water partition coefficient (Wildman–Crippen LogP) is 1.24. The predicted molar refractivity (Wildman–Crippen MR) is 57.5 cm³/mol. The fourth-order valence-corrected chi connectivity index (χ4v) is 1.34. The lowest BCUT2D eigenvalue weighted by Crippen LogP contribution is -2.16. The molecule has 4 N–H and O–H groups in total. The Balaban J connectivity index is 3.32. The van der Waals surface area contributed by atoms with Gasteiger partial charge in [0.2, 0.25) is 0 Å². The Morgan fingerprint density at radius 1 is 1.59 bits per heavy atom. The van der Waals surface area contributed by atoms with Gasteiger partial charge in [0.05, 0.1) is 23.6 Å². The number of carbonyl (C=O) groups excluding carboxylic acids is 1. The van der Waals surface area contributed by atoms with Crippen LogP contribution in [0.25, 0.3) is 0 Å². The van der Waals surface area contributed by atoms with E-state index in [1.54, 1.807) is 6.92 Å². The molecule has 1 heterocycles. The lowest BCUT2D eigenvalue weighted by atomic mass is 10.1. The SMILES string of the molecule is CCOC(=O)c1c(CN)ncc(C(F)F)c1N. The maximum absolute atomic E-state index is 12.6. The third-order valence-electron chi connectivity index (χ3n) is 2.14. The van der Waals surface area contributed by atoms with E-state index in [-0.39, 0.29) is 30.1 Å². The lowest BCUT2D eigenvalue weighted by molar-refractivity contribution is 0.0525. The van der Waals surface area contributed by atoms with Gasteiger partial charge in [-0.05, 0) is 6.92 Å². The van der Waals surface area contributed by atoms with Crippen molar-refractivity contribution in [2.45, 2.75) is 19.9 Å². The molecule has 0 saturated carbocycles. The minimum atomic E-state index is -2.80. The monoisotopic (exact) mass is 245 g/mol. The molecule has 0 aliphatic heterocycles. The first kappa shape index (κ1) is 13.3. The Morgan fingerprint density at radius 2 is 2.24 bits per heavy atom. The summed E-state index contributed by atoms with van der Waals surface area (Å²) < 4.78 is 29.9. The Labute approximate surface area is 96.8 Å². The number of halogens is 2. The molecule has 7 heteroatoms. The van der Waals surface area contributed by atoms with E-state index in [2.05, 4.69) is 4.98 Å². The molecular formula is C10H13F2N3O2. The van der Waals surface area contributed by atoms with Crippen LogP contribution >= 0.6 is 0 Å². The first-order chi connectivity index (χ1) is 8.02. The zero-order chi connectivity index (χ0) is 13.0. The van der Waals surface area contributed by atoms with Crippen LogP contribution < -0.4 is 11.5 Å². The molecule has 0 atom stereocenters. The van der Waals surface area contributed by atoms with Crippen LogP contribution in [0.3, 0.4) is 0 Å². The number of alkyl halides is 2. The number of nitrogens with two attached hydrogens (primary N) is 2. The van der Waals surface area contributed by atoms with Gasteiger partial charge in [0.15, 0.2) is 0 Å². The highest BCUT2D eigenvalue weighted by Gasteiger charge is 2.23. The van der Waals surface area contributed by atoms with E-state index in [0.717, 1.165) is 6.20 Å². The van der Waals surface area contributed by atoms with E-state index >= 15 is 0 Å². The van der Waals surface area contributed by atoms with Gasteiger partial charge in [-0.25, -0.2) is 13.6 Å². The second kappa shape index (κ2) is 5.53. The van der Waals surface area contributed by atoms with Gasteiger partial charge in [0, 0.05) is 12.7 Å². The lowest BCUT2D eigenvalue weighted by Gasteiger charge is -2.12. The van der Waals surface area contributed by atoms with Crippen LogP contribution in [0.2, 0.25) is 0 Å². The molecule has 1 aromatic rings. The van der Waals surface area contributed by atoms with Gasteiger partial charge in [-0.1, -0.05) is 0 Å². The average Bonchev–Trinajstić information content (AvgIpc) is 2.27. The zero-order valence-electron chi connectivity index (χ0n) is 9.24. The molecular weight excluding hydrogens is 232 g/mol. The fraction of sp³-hybridized carbons (Fsp3) is 0.400. The summed E-state index contributed by atoms with van der Waals surface area (Å²) in [5, 5.41) is 0. The van der Waals surface area contributed by atoms with E-state index in [0.29, 0.717) is 0 Å². The number of esters is 1. The largest absolute Gasteiger partial charge is 0.462 e. The minimum Gasteiger partial charge on any atom is -0.462 e. The summed E-state index contributed by atoms with van der Waals surface area (Å²) in [6.07, 6.45) is -1.88. The highest BCUT2D eigenvalue weighted by Crippen LogP contribution is 2.28. The molecule has 0 aliphatic carbocycles. The van der Waals surface area contributed by atoms with Crippen LogP contribution in [0, 0.1) is 0 Å². The van der Waals surface area contributed by atoms with Gasteiger partial charge in [-0.15, -0.1) is 0 Å². The maximum Gasteiger partial charge on any atom is 0.342 e. The Hall–Kier alpha value is -1.76. The molecule has 0 radical (unpaired) electrons. The summed E-state index contributed by atoms with van der Waals surface area (Å²) in [6.45, 7) is 1.63. The molecule has 0 spiro atoms. The summed E-state index contributed by atoms with van der Waals surface area (Å²) in [5.41, 5.74) is 10.0. The minimum absolute atomic E-state index is 0.0815. The molecule has 0 aromatic carbocycles. The molecule has 0 saturated heterocycles. The summed E-state index contributed by atoms with van der Waals surface area (Å²) in [7, 11) is 0. The summed E-state index contributed by atoms with van der Waals surface area (Å²) >= 11 is 0. The van der Waals surface area contributed by atoms with Gasteiger partial charge >= 0.3 is 5.97 Å². The van der Waals surface area contributed by atoms with Crippen molar-refractivity contribution >= 4 is 11.7 Å². The summed E-state index contributed by atoms with van der Waals surface area (Å²) in [6, 6.07) is 0. The van der Waals surface area contributed by atoms with Gasteiger partial charge in [0.1, 0.15) is 5.56 Å². The Kier molecular flexibility index (Phi) is 4.33. The van der Waals surface area contributed by atoms with Crippen molar-refractivity contribution in [1.82, 2.24) is 4.98 Å². The van der Waals surface area contributed by atoms with Crippen molar-refractivity contribution in [2.24, 2.45) is 5.73 Å². The molecule has 0 aliphatic rings. The highest BCUT2D eigenvalue weighted by atomic mass is 19.3. The number of aromatic nitrogens is 1. The third-order valence-corrected chi connectivity index (χ3v) is 2.14. The van der Waals surface area contributed by atoms with Crippen molar-refractivity contribution in [3.8, 4) is 0 Å². The maximum atomic E-state index is 12.6. The van der Waals surface area contributed by atoms with Crippen LogP contribution in [0.5, 0.6) is 0 Å². The number of pyridine rings is 1. The molecule has 5 nitrogen and oxygen atoms in total. The van der Waals surface area contributed by atoms with Crippen LogP contribution in [0.15, 0.2) is 6.20 Å². The summed E-state index contributed by atoms with van der Waals surface area (Å²) in [5.74, 6) is -0.791. The summed E-state index contributed by atoms with van der Waals surface area (Å²) in [4.78, 5) is 15.3. The number of anilines is 1. The third kappa shape index (κ3) is 2.68. The van der Waals surface area contributed by atoms with Gasteiger partial charge < -0.3 is 16.2 Å². The van der Waals surface area contributed by atoms with E-state index in [1.165, 1.54) is 0 Å². The normalized spacial score (nSPS) is 10.6. The van der Waals surface area contributed by atoms with Crippen LogP contribution in [0.4, 0.5) is 14.5 Å². The second-order valence-corrected chi connectivity index (χ2v) is 3.17. The quantitative estimate of drug-likeness (QED) is 0.778. The Morgan fingerprint density at radius 3 is 2.71 bits per heavy atom. The molecule has 1 rings (SSSR count). The van der Waals surface area contributed by atoms with Crippen molar-refractivity contribution in [2.75, 3.05) is 12.3 Å². The van der Waals surface area contributed by atoms with Crippen molar-refractivity contribution in [3.05, 3.63) is 23.0 Å². The number of nitrogens with zero attached hydrogens (tertiary/aromatic N) is 1. The molecule has 0 bridgehead atoms. The van der Waals surface area contributed by atoms with Gasteiger partial charge in [-0.3, -0.25) is 4.98 Å². The van der Waals surface area contributed by atoms with Crippen LogP contribution in [0.1, 0.15) is 35.0 Å². The van der Waals surface area contributed by atoms with E-state index < -0.39 is 18.0 Å². The molecule has 0 amide bonds. The molecule has 0 fully saturated rings. The Bertz CT molecular complexity index is 424. The van der Waals surface area contributed by atoms with Crippen molar-refractivity contribution < 1.29 is 18.3 Å². The second-order valence-electron chi connectivity index (χ2n) is 3.17. The van der Waals surface area contributed by atoms with Crippen LogP contribution in [-0.2, 0) is 11.3 Å². The molecule has 94 valence electrons. The molecule has 1 aromatic heterocycles. The van der Waals surface area contributed by atoms with E-state index in [4.69, 9.17) is 16.2 Å². The molecule has 0 unspecified atom stereocenters. The number of carbonyl (C=O) groups is 1. The first-order valence-electron chi connectivity index (χ1n) is 4.95. The van der Waals surface area contributed by atoms with Crippen molar-refractivity contribution in [1.29, 1.82) is 0 Å². The van der Waals surface area contributed by atoms with Crippen LogP contribution in [-0.4, -0.2) is 17.6 Å². The number of hydrogen-bond acceptors (Lipinski definition) is 5. The zero-order valence-corrected chi connectivity index (χ0v) is 9.24. The molecule has 17 heavy (non-hydrogen) atoms. The average molecular weight is 245 g/mol. The number of rotatable bonds is 4. The van der Waals surface area contributed by atoms with Gasteiger partial charge in [0.25, 0.3) is 6.43 Å².